The molecule has 0 heterocycles. The van der Waals surface area contributed by atoms with Crippen molar-refractivity contribution in [2.45, 2.75) is 51.4 Å². The Bertz CT molecular complexity index is 911. The number of rotatable bonds is 12. The molecule has 4 nitrogen and oxygen atoms in total. The minimum Gasteiger partial charge on any atom is -0.354 e. The lowest BCUT2D eigenvalue weighted by Crippen LogP contribution is -2.49. The summed E-state index contributed by atoms with van der Waals surface area (Å²) >= 11 is 20.0. The first-order chi connectivity index (χ1) is 15.4. The van der Waals surface area contributed by atoms with Crippen LogP contribution in [0.3, 0.4) is 0 Å². The number of unbranched alkanes of at least 4 members (excludes halogenated alkanes) is 1. The van der Waals surface area contributed by atoms with E-state index in [0.717, 1.165) is 24.0 Å². The molecule has 174 valence electrons. The largest absolute Gasteiger partial charge is 0.354 e. The molecule has 1 N–H and O–H groups in total. The fourth-order valence-corrected chi connectivity index (χ4v) is 4.87. The first-order valence-corrected chi connectivity index (χ1v) is 13.0. The number of benzene rings is 2. The molecule has 2 rings (SSSR count). The molecule has 32 heavy (non-hydrogen) atoms. The fraction of sp³-hybridized carbons (Fsp3) is 0.417. The van der Waals surface area contributed by atoms with Gasteiger partial charge in [0.25, 0.3) is 0 Å². The highest BCUT2D eigenvalue weighted by molar-refractivity contribution is 7.99. The van der Waals surface area contributed by atoms with Crippen molar-refractivity contribution in [3.63, 3.8) is 0 Å². The quantitative estimate of drug-likeness (QED) is 0.324. The Morgan fingerprint density at radius 1 is 1.03 bits per heavy atom. The number of hydrogen-bond donors (Lipinski definition) is 1. The maximum atomic E-state index is 13.3. The maximum Gasteiger partial charge on any atom is 0.242 e. The monoisotopic (exact) mass is 514 g/mol. The number of thioether (sulfide) groups is 1. The normalized spacial score (nSPS) is 11.8. The van der Waals surface area contributed by atoms with E-state index >= 15 is 0 Å². The number of amides is 2. The summed E-state index contributed by atoms with van der Waals surface area (Å²) in [6, 6.07) is 12.2. The van der Waals surface area contributed by atoms with Crippen molar-refractivity contribution in [2.24, 2.45) is 0 Å². The van der Waals surface area contributed by atoms with E-state index in [1.165, 1.54) is 11.8 Å². The standard InChI is InChI=1S/C24H29Cl3N2O2S/c1-3-5-12-28-24(31)22(4-2)29(14-17-8-6-7-9-20(17)26)23(30)16-32-15-18-10-11-19(25)13-21(18)27/h6-11,13,22H,3-5,12,14-16H2,1-2H3,(H,28,31)/t22-/m1/s1. The lowest BCUT2D eigenvalue weighted by molar-refractivity contribution is -0.139. The van der Waals surface area contributed by atoms with E-state index in [9.17, 15) is 9.59 Å². The average Bonchev–Trinajstić information content (AvgIpc) is 2.76. The Morgan fingerprint density at radius 2 is 1.78 bits per heavy atom. The molecule has 0 aliphatic heterocycles. The molecule has 0 unspecified atom stereocenters. The highest BCUT2D eigenvalue weighted by atomic mass is 35.5. The molecule has 0 aliphatic rings. The number of carbonyl (C=O) groups is 2. The van der Waals surface area contributed by atoms with Gasteiger partial charge in [-0.15, -0.1) is 11.8 Å². The van der Waals surface area contributed by atoms with Crippen LogP contribution in [0.15, 0.2) is 42.5 Å². The van der Waals surface area contributed by atoms with Crippen LogP contribution in [0.4, 0.5) is 0 Å². The van der Waals surface area contributed by atoms with E-state index in [1.807, 2.05) is 31.2 Å². The Labute approximate surface area is 210 Å². The van der Waals surface area contributed by atoms with E-state index in [-0.39, 0.29) is 24.1 Å². The molecule has 2 aromatic carbocycles. The van der Waals surface area contributed by atoms with Gasteiger partial charge in [0.1, 0.15) is 6.04 Å². The summed E-state index contributed by atoms with van der Waals surface area (Å²) in [5, 5.41) is 4.69. The van der Waals surface area contributed by atoms with Crippen molar-refractivity contribution in [1.82, 2.24) is 10.2 Å². The average molecular weight is 516 g/mol. The summed E-state index contributed by atoms with van der Waals surface area (Å²) in [7, 11) is 0. The smallest absolute Gasteiger partial charge is 0.242 e. The Kier molecular flexibility index (Phi) is 11.7. The molecule has 0 bridgehead atoms. The fourth-order valence-electron chi connectivity index (χ4n) is 3.21. The first-order valence-electron chi connectivity index (χ1n) is 10.7. The van der Waals surface area contributed by atoms with E-state index in [0.29, 0.717) is 33.8 Å². The summed E-state index contributed by atoms with van der Waals surface area (Å²) in [6.45, 7) is 4.86. The zero-order chi connectivity index (χ0) is 23.5. The molecular weight excluding hydrogens is 487 g/mol. The van der Waals surface area contributed by atoms with Gasteiger partial charge in [0.2, 0.25) is 11.8 Å². The predicted octanol–water partition coefficient (Wildman–Crippen LogP) is 6.60. The van der Waals surface area contributed by atoms with Crippen LogP contribution in [0, 0.1) is 0 Å². The Balaban J connectivity index is 2.13. The number of carbonyl (C=O) groups excluding carboxylic acids is 2. The highest BCUT2D eigenvalue weighted by Gasteiger charge is 2.28. The first kappa shape index (κ1) is 26.8. The van der Waals surface area contributed by atoms with Crippen LogP contribution in [0.5, 0.6) is 0 Å². The van der Waals surface area contributed by atoms with Crippen LogP contribution in [-0.2, 0) is 21.9 Å². The highest BCUT2D eigenvalue weighted by Crippen LogP contribution is 2.26. The van der Waals surface area contributed by atoms with Crippen LogP contribution in [-0.4, -0.2) is 35.1 Å². The van der Waals surface area contributed by atoms with Crippen LogP contribution in [0.2, 0.25) is 15.1 Å². The van der Waals surface area contributed by atoms with Crippen molar-refractivity contribution in [3.8, 4) is 0 Å². The van der Waals surface area contributed by atoms with Crippen LogP contribution in [0.1, 0.15) is 44.2 Å². The van der Waals surface area contributed by atoms with E-state index in [2.05, 4.69) is 12.2 Å². The molecule has 0 aromatic heterocycles. The lowest BCUT2D eigenvalue weighted by atomic mass is 10.1. The van der Waals surface area contributed by atoms with Crippen molar-refractivity contribution in [1.29, 1.82) is 0 Å². The van der Waals surface area contributed by atoms with Gasteiger partial charge >= 0.3 is 0 Å². The zero-order valence-electron chi connectivity index (χ0n) is 18.4. The third-order valence-corrected chi connectivity index (χ3v) is 6.93. The lowest BCUT2D eigenvalue weighted by Gasteiger charge is -2.31. The third kappa shape index (κ3) is 8.18. The van der Waals surface area contributed by atoms with Gasteiger partial charge in [-0.1, -0.05) is 79.3 Å². The van der Waals surface area contributed by atoms with Gasteiger partial charge in [-0.05, 0) is 42.2 Å². The summed E-state index contributed by atoms with van der Waals surface area (Å²) in [5.74, 6) is 0.549. The molecule has 8 heteroatoms. The van der Waals surface area contributed by atoms with E-state index in [1.54, 1.807) is 23.1 Å². The van der Waals surface area contributed by atoms with Gasteiger partial charge < -0.3 is 10.2 Å². The van der Waals surface area contributed by atoms with Crippen molar-refractivity contribution >= 4 is 58.4 Å². The van der Waals surface area contributed by atoms with Crippen molar-refractivity contribution in [3.05, 3.63) is 68.7 Å². The maximum absolute atomic E-state index is 13.3. The van der Waals surface area contributed by atoms with Gasteiger partial charge in [-0.25, -0.2) is 0 Å². The number of halogens is 3. The molecule has 0 saturated heterocycles. The number of hydrogen-bond acceptors (Lipinski definition) is 3. The second kappa shape index (κ2) is 14.0. The van der Waals surface area contributed by atoms with Crippen molar-refractivity contribution in [2.75, 3.05) is 12.3 Å². The molecule has 1 atom stereocenters. The van der Waals surface area contributed by atoms with Gasteiger partial charge in [-0.2, -0.15) is 0 Å². The minimum absolute atomic E-state index is 0.113. The Hall–Kier alpha value is -1.40. The number of nitrogens with zero attached hydrogens (tertiary/aromatic N) is 1. The summed E-state index contributed by atoms with van der Waals surface area (Å²) in [4.78, 5) is 27.8. The molecule has 0 radical (unpaired) electrons. The third-order valence-electron chi connectivity index (χ3n) is 5.01. The molecule has 2 aromatic rings. The second-order valence-corrected chi connectivity index (χ2v) is 9.65. The molecule has 2 amide bonds. The number of nitrogens with one attached hydrogen (secondary N) is 1. The molecule has 0 fully saturated rings. The topological polar surface area (TPSA) is 49.4 Å². The van der Waals surface area contributed by atoms with E-state index in [4.69, 9.17) is 34.8 Å². The molecule has 0 aliphatic carbocycles. The van der Waals surface area contributed by atoms with Crippen LogP contribution < -0.4 is 5.32 Å². The molecular formula is C24H29Cl3N2O2S. The molecule has 0 spiro atoms. The van der Waals surface area contributed by atoms with Gasteiger partial charge in [0.15, 0.2) is 0 Å². The van der Waals surface area contributed by atoms with Gasteiger partial charge in [0.05, 0.1) is 5.75 Å². The SMILES string of the molecule is CCCCNC(=O)[C@@H](CC)N(Cc1ccccc1Cl)C(=O)CSCc1ccc(Cl)cc1Cl. The zero-order valence-corrected chi connectivity index (χ0v) is 21.5. The van der Waals surface area contributed by atoms with Crippen LogP contribution in [0.25, 0.3) is 0 Å². The minimum atomic E-state index is -0.560. The van der Waals surface area contributed by atoms with Crippen LogP contribution >= 0.6 is 46.6 Å². The Morgan fingerprint density at radius 3 is 2.44 bits per heavy atom. The summed E-state index contributed by atoms with van der Waals surface area (Å²) in [6.07, 6.45) is 2.41. The van der Waals surface area contributed by atoms with Crippen molar-refractivity contribution < 1.29 is 9.59 Å². The van der Waals surface area contributed by atoms with Gasteiger partial charge in [0, 0.05) is 33.9 Å². The summed E-state index contributed by atoms with van der Waals surface area (Å²) in [5.41, 5.74) is 1.73. The predicted molar refractivity (Wildman–Crippen MR) is 137 cm³/mol. The molecule has 0 saturated carbocycles. The summed E-state index contributed by atoms with van der Waals surface area (Å²) < 4.78 is 0. The second-order valence-electron chi connectivity index (χ2n) is 7.41. The van der Waals surface area contributed by atoms with E-state index < -0.39 is 6.04 Å². The van der Waals surface area contributed by atoms with Gasteiger partial charge in [-0.3, -0.25) is 9.59 Å².